The zero-order chi connectivity index (χ0) is 59.1. The fraction of sp³-hybridized carbons (Fsp3) is 0.886. The van der Waals surface area contributed by atoms with E-state index in [2.05, 4.69) is 95.6 Å². The molecule has 6 heterocycles. The maximum absolute atomic E-state index is 11.2. The quantitative estimate of drug-likeness (QED) is 0.0894. The van der Waals surface area contributed by atoms with Crippen LogP contribution in [-0.2, 0) is 28.4 Å². The van der Waals surface area contributed by atoms with Crippen LogP contribution in [0.5, 0.6) is 0 Å². The van der Waals surface area contributed by atoms with Gasteiger partial charge in [0.1, 0.15) is 0 Å². The number of rotatable bonds is 0. The number of fused-ring (bicyclic) bond motifs is 6. The van der Waals surface area contributed by atoms with Gasteiger partial charge in [-0.1, -0.05) is 96.6 Å². The van der Waals surface area contributed by atoms with Crippen molar-refractivity contribution in [3.05, 3.63) is 48.6 Å². The maximum atomic E-state index is 11.2. The molecule has 14 aliphatic rings. The second-order valence-electron chi connectivity index (χ2n) is 30.5. The second kappa shape index (κ2) is 23.7. The van der Waals surface area contributed by atoms with Gasteiger partial charge in [0.2, 0.25) is 0 Å². The van der Waals surface area contributed by atoms with Crippen molar-refractivity contribution in [2.75, 3.05) is 39.6 Å². The molecule has 7 N–H and O–H groups in total. The van der Waals surface area contributed by atoms with Crippen molar-refractivity contribution in [2.24, 2.45) is 90.7 Å². The Labute approximate surface area is 501 Å². The molecule has 0 bridgehead atoms. The van der Waals surface area contributed by atoms with Crippen molar-refractivity contribution in [3.63, 3.8) is 0 Å². The second-order valence-corrected chi connectivity index (χ2v) is 30.5. The predicted octanol–water partition coefficient (Wildman–Crippen LogP) is 10.6. The topological polar surface area (TPSA) is 200 Å². The lowest BCUT2D eigenvalue weighted by molar-refractivity contribution is -0.101. The molecule has 29 atom stereocenters. The van der Waals surface area contributed by atoms with Crippen molar-refractivity contribution in [1.82, 2.24) is 0 Å². The lowest BCUT2D eigenvalue weighted by atomic mass is 9.60. The molecule has 8 aliphatic carbocycles. The first-order chi connectivity index (χ1) is 37.9. The van der Waals surface area contributed by atoms with Gasteiger partial charge in [-0.3, -0.25) is 0 Å². The first kappa shape index (κ1) is 67.4. The largest absolute Gasteiger partial charge is 0.393 e. The lowest BCUT2D eigenvalue weighted by Gasteiger charge is -2.47. The Morgan fingerprint density at radius 2 is 0.747 bits per heavy atom. The third-order valence-electron chi connectivity index (χ3n) is 28.0. The van der Waals surface area contributed by atoms with Gasteiger partial charge in [0.05, 0.1) is 106 Å². The van der Waals surface area contributed by atoms with E-state index in [1.807, 2.05) is 13.8 Å². The fourth-order valence-electron chi connectivity index (χ4n) is 21.2. The molecule has 6 aliphatic heterocycles. The van der Waals surface area contributed by atoms with Gasteiger partial charge in [0, 0.05) is 56.5 Å². The Balaban J connectivity index is 0.000000139. The summed E-state index contributed by atoms with van der Waals surface area (Å²) in [6, 6.07) is 0. The van der Waals surface area contributed by atoms with E-state index in [-0.39, 0.29) is 119 Å². The molecule has 0 amide bonds. The van der Waals surface area contributed by atoms with Crippen LogP contribution in [0.15, 0.2) is 48.6 Å². The van der Waals surface area contributed by atoms with Crippen LogP contribution < -0.4 is 0 Å². The van der Waals surface area contributed by atoms with E-state index in [1.54, 1.807) is 0 Å². The highest BCUT2D eigenvalue weighted by atomic mass is 16.6. The monoisotopic (exact) mass is 1170 g/mol. The summed E-state index contributed by atoms with van der Waals surface area (Å²) in [5.41, 5.74) is 2.32. The minimum atomic E-state index is -0.458. The lowest BCUT2D eigenvalue weighted by Crippen LogP contribution is -2.50. The van der Waals surface area contributed by atoms with Crippen LogP contribution in [0.2, 0.25) is 0 Å². The van der Waals surface area contributed by atoms with Gasteiger partial charge < -0.3 is 64.2 Å². The van der Waals surface area contributed by atoms with Crippen molar-refractivity contribution >= 4 is 0 Å². The number of aliphatic hydroxyl groups excluding tert-OH is 7. The van der Waals surface area contributed by atoms with Gasteiger partial charge in [-0.05, 0) is 181 Å². The highest BCUT2D eigenvalue weighted by Crippen LogP contribution is 2.71. The molecule has 14 fully saturated rings. The normalized spacial score (nSPS) is 55.6. The summed E-state index contributed by atoms with van der Waals surface area (Å²) in [6.45, 7) is 46.9. The summed E-state index contributed by atoms with van der Waals surface area (Å²) in [6.07, 6.45) is 10.9. The summed E-state index contributed by atoms with van der Waals surface area (Å²) < 4.78 is 33.9. The minimum Gasteiger partial charge on any atom is -0.393 e. The van der Waals surface area contributed by atoms with Gasteiger partial charge in [0.15, 0.2) is 0 Å². The number of hydrogen-bond donors (Lipinski definition) is 7. The molecule has 13 heteroatoms. The molecule has 14 rings (SSSR count). The molecule has 0 aromatic rings. The van der Waals surface area contributed by atoms with E-state index in [1.165, 1.54) is 12.8 Å². The Bertz CT molecular complexity index is 2210. The van der Waals surface area contributed by atoms with Crippen molar-refractivity contribution < 1.29 is 64.2 Å². The maximum Gasteiger partial charge on any atom is 0.0876 e. The molecule has 476 valence electrons. The highest BCUT2D eigenvalue weighted by Gasteiger charge is 2.74. The number of epoxide rings is 1. The van der Waals surface area contributed by atoms with Crippen molar-refractivity contribution in [1.29, 1.82) is 0 Å². The third kappa shape index (κ3) is 9.57. The van der Waals surface area contributed by atoms with Gasteiger partial charge in [-0.15, -0.1) is 0 Å². The molecule has 0 radical (unpaired) electrons. The van der Waals surface area contributed by atoms with Crippen molar-refractivity contribution in [2.45, 2.75) is 261 Å². The minimum absolute atomic E-state index is 0. The van der Waals surface area contributed by atoms with E-state index in [4.69, 9.17) is 28.4 Å². The van der Waals surface area contributed by atoms with E-state index < -0.39 is 18.3 Å². The van der Waals surface area contributed by atoms with E-state index in [9.17, 15) is 35.7 Å². The van der Waals surface area contributed by atoms with Crippen LogP contribution >= 0.6 is 0 Å². The molecular weight excluding hydrogens is 1050 g/mol. The van der Waals surface area contributed by atoms with Gasteiger partial charge in [-0.2, -0.15) is 0 Å². The average molecular weight is 1170 g/mol. The van der Waals surface area contributed by atoms with E-state index >= 15 is 0 Å². The summed E-state index contributed by atoms with van der Waals surface area (Å²) in [4.78, 5) is 0. The Hall–Kier alpha value is -1.56. The van der Waals surface area contributed by atoms with Crippen molar-refractivity contribution in [3.8, 4) is 0 Å². The molecule has 0 aromatic heterocycles. The SMILES string of the molecule is C.C.C1CCOC1.C=C1CO[C@@H](C)[C@]12C[C@@H]1C[C@H](O)C[C@@H](C)[C@]1(C)[C@H]2O.C=C1CO[C@@H](C)[C@]12C[C@@H]1[C@@H](O)CC[C@@H](C)[C@]1(C)[C@H]2O.C=C1CO[C@@H](C)[C@]12C[C@@H]1[C@@H]3O[C@@H]3C[C@@H](C)[C@]1(C)[C@H]2O.C=C1CO[C@@H](C)[C@]12C[C@@H]1[C@H](O)CC[C@@H](C)[C@]1(C)[C@H]2O. The smallest absolute Gasteiger partial charge is 0.0876 e. The summed E-state index contributed by atoms with van der Waals surface area (Å²) in [5.74, 6) is 2.82. The molecule has 6 saturated heterocycles. The van der Waals surface area contributed by atoms with Crippen LogP contribution in [0.1, 0.15) is 181 Å². The highest BCUT2D eigenvalue weighted by molar-refractivity contribution is 5.33. The van der Waals surface area contributed by atoms with Gasteiger partial charge >= 0.3 is 0 Å². The number of aliphatic hydroxyl groups is 7. The summed E-state index contributed by atoms with van der Waals surface area (Å²) in [7, 11) is 0. The zero-order valence-electron chi connectivity index (χ0n) is 52.0. The summed E-state index contributed by atoms with van der Waals surface area (Å²) >= 11 is 0. The number of ether oxygens (including phenoxy) is 6. The van der Waals surface area contributed by atoms with Crippen LogP contribution in [0.3, 0.4) is 0 Å². The average Bonchev–Trinajstić information content (AvgIpc) is 1.79. The van der Waals surface area contributed by atoms with E-state index in [0.29, 0.717) is 74.1 Å². The molecule has 83 heavy (non-hydrogen) atoms. The molecule has 4 spiro atoms. The molecule has 0 aromatic carbocycles. The van der Waals surface area contributed by atoms with E-state index in [0.717, 1.165) is 106 Å². The Kier molecular flexibility index (Phi) is 19.2. The Morgan fingerprint density at radius 3 is 1.08 bits per heavy atom. The number of hydrogen-bond acceptors (Lipinski definition) is 13. The van der Waals surface area contributed by atoms with Crippen LogP contribution in [0.25, 0.3) is 0 Å². The summed E-state index contributed by atoms with van der Waals surface area (Å²) in [5, 5.41) is 75.4. The molecular formula is C70H118O13. The van der Waals surface area contributed by atoms with Gasteiger partial charge in [0.25, 0.3) is 0 Å². The molecule has 8 saturated carbocycles. The van der Waals surface area contributed by atoms with Crippen LogP contribution in [0.4, 0.5) is 0 Å². The fourth-order valence-corrected chi connectivity index (χ4v) is 21.2. The van der Waals surface area contributed by atoms with Crippen LogP contribution in [0, 0.1) is 90.7 Å². The molecule has 13 nitrogen and oxygen atoms in total. The van der Waals surface area contributed by atoms with Crippen LogP contribution in [-0.4, -0.2) is 155 Å². The first-order valence-corrected chi connectivity index (χ1v) is 32.1. The predicted molar refractivity (Wildman–Crippen MR) is 326 cm³/mol. The standard InChI is InChI=1S/C16H24O3.3C16H26O3.C4H8O.2CH4/c1-8-5-12-13(19-12)11-6-16(14(17)15(8,11)4)9(2)7-18-10(16)3;1-9-5-13(17)6-12-7-16(14(18)15(9,12)4)10(2)8-19-11(16)3;2*1-9-5-6-13(17)12-7-16(14(18)15(9,12)4)10(2)8-19-11(16)3;1-2-4-5-3-1;;/h8,10-14,17H,2,5-7H2,1,3-4H3;3*9,11-14,17-18H,2,5-8H2,1,3-4H3;1-4H2;2*1H4/t8-,10+,11-,12-,13+,14-,15+,16+;9-,11+,12+,13-,14-,15+,16+;9-,11+,12-,13+,14-,15+,16+;9-,11+,12-,13-,14-,15+,16+;;;/m1111.../s1. The zero-order valence-corrected chi connectivity index (χ0v) is 52.0. The molecule has 0 unspecified atom stereocenters. The third-order valence-corrected chi connectivity index (χ3v) is 28.0. The van der Waals surface area contributed by atoms with Gasteiger partial charge in [-0.25, -0.2) is 0 Å². The Morgan fingerprint density at radius 1 is 0.410 bits per heavy atom. The first-order valence-electron chi connectivity index (χ1n) is 32.1.